The summed E-state index contributed by atoms with van der Waals surface area (Å²) in [5.41, 5.74) is 6.49. The van der Waals surface area contributed by atoms with E-state index in [4.69, 9.17) is 5.73 Å². The van der Waals surface area contributed by atoms with Gasteiger partial charge < -0.3 is 5.73 Å². The third-order valence-corrected chi connectivity index (χ3v) is 2.31. The first kappa shape index (κ1) is 9.89. The number of hydrogen-bond donors (Lipinski definition) is 1. The summed E-state index contributed by atoms with van der Waals surface area (Å²) in [5.74, 6) is -2.95. The number of benzene rings is 1. The number of rotatable bonds is 1. The SMILES string of the molecule is Cn1nc(C(C)(F)F)c2cccc(N)c21. The van der Waals surface area contributed by atoms with Crippen molar-refractivity contribution < 1.29 is 8.78 Å². The monoisotopic (exact) mass is 211 g/mol. The zero-order valence-electron chi connectivity index (χ0n) is 8.46. The van der Waals surface area contributed by atoms with Crippen LogP contribution in [-0.4, -0.2) is 9.78 Å². The molecule has 2 aromatic rings. The van der Waals surface area contributed by atoms with E-state index in [0.717, 1.165) is 6.92 Å². The van der Waals surface area contributed by atoms with Crippen molar-refractivity contribution in [1.29, 1.82) is 0 Å². The maximum atomic E-state index is 13.2. The Morgan fingerprint density at radius 1 is 1.40 bits per heavy atom. The van der Waals surface area contributed by atoms with E-state index in [1.807, 2.05) is 0 Å². The van der Waals surface area contributed by atoms with Crippen LogP contribution in [0.2, 0.25) is 0 Å². The topological polar surface area (TPSA) is 43.8 Å². The van der Waals surface area contributed by atoms with Gasteiger partial charge in [-0.05, 0) is 6.07 Å². The fourth-order valence-corrected chi connectivity index (χ4v) is 1.69. The summed E-state index contributed by atoms with van der Waals surface area (Å²) in [5, 5.41) is 4.22. The van der Waals surface area contributed by atoms with Crippen molar-refractivity contribution >= 4 is 16.6 Å². The van der Waals surface area contributed by atoms with E-state index >= 15 is 0 Å². The number of fused-ring (bicyclic) bond motifs is 1. The second kappa shape index (κ2) is 2.92. The first-order valence-electron chi connectivity index (χ1n) is 4.51. The van der Waals surface area contributed by atoms with Gasteiger partial charge in [-0.1, -0.05) is 12.1 Å². The summed E-state index contributed by atoms with van der Waals surface area (Å²) in [6.07, 6.45) is 0. The highest BCUT2D eigenvalue weighted by Crippen LogP contribution is 2.33. The average Bonchev–Trinajstić information content (AvgIpc) is 2.44. The predicted molar refractivity (Wildman–Crippen MR) is 54.7 cm³/mol. The molecule has 0 unspecified atom stereocenters. The highest BCUT2D eigenvalue weighted by molar-refractivity contribution is 5.92. The van der Waals surface area contributed by atoms with Gasteiger partial charge in [-0.25, -0.2) is 0 Å². The van der Waals surface area contributed by atoms with Crippen molar-refractivity contribution in [1.82, 2.24) is 9.78 Å². The molecule has 3 nitrogen and oxygen atoms in total. The molecule has 0 atom stereocenters. The van der Waals surface area contributed by atoms with Gasteiger partial charge in [0.1, 0.15) is 5.69 Å². The van der Waals surface area contributed by atoms with Gasteiger partial charge in [-0.2, -0.15) is 13.9 Å². The number of para-hydroxylation sites is 1. The van der Waals surface area contributed by atoms with Crippen molar-refractivity contribution in [3.05, 3.63) is 23.9 Å². The van der Waals surface area contributed by atoms with Crippen molar-refractivity contribution in [2.45, 2.75) is 12.8 Å². The van der Waals surface area contributed by atoms with Gasteiger partial charge in [0.2, 0.25) is 0 Å². The Kier molecular flexibility index (Phi) is 1.92. The summed E-state index contributed by atoms with van der Waals surface area (Å²) < 4.78 is 27.8. The molecular formula is C10H11F2N3. The molecule has 1 aromatic carbocycles. The van der Waals surface area contributed by atoms with Crippen LogP contribution in [-0.2, 0) is 13.0 Å². The quantitative estimate of drug-likeness (QED) is 0.735. The first-order chi connectivity index (χ1) is 6.91. The van der Waals surface area contributed by atoms with E-state index in [0.29, 0.717) is 16.6 Å². The lowest BCUT2D eigenvalue weighted by Crippen LogP contribution is -2.08. The molecule has 0 radical (unpaired) electrons. The summed E-state index contributed by atoms with van der Waals surface area (Å²) in [6.45, 7) is 0.831. The Bertz CT molecular complexity index is 511. The van der Waals surface area contributed by atoms with Gasteiger partial charge in [0, 0.05) is 19.4 Å². The van der Waals surface area contributed by atoms with Crippen LogP contribution >= 0.6 is 0 Å². The standard InChI is InChI=1S/C10H11F2N3/c1-10(11,12)9-6-4-3-5-7(13)8(6)15(2)14-9/h3-5H,13H2,1-2H3. The zero-order valence-corrected chi connectivity index (χ0v) is 8.46. The predicted octanol–water partition coefficient (Wildman–Crippen LogP) is 2.27. The van der Waals surface area contributed by atoms with Crippen molar-refractivity contribution in [2.24, 2.45) is 7.05 Å². The number of nitrogens with zero attached hydrogens (tertiary/aromatic N) is 2. The molecule has 0 saturated carbocycles. The van der Waals surface area contributed by atoms with Crippen LogP contribution in [0.4, 0.5) is 14.5 Å². The number of anilines is 1. The maximum Gasteiger partial charge on any atom is 0.289 e. The lowest BCUT2D eigenvalue weighted by Gasteiger charge is -2.06. The van der Waals surface area contributed by atoms with Crippen molar-refractivity contribution in [2.75, 3.05) is 5.73 Å². The van der Waals surface area contributed by atoms with Gasteiger partial charge in [0.15, 0.2) is 0 Å². The second-order valence-electron chi connectivity index (χ2n) is 3.60. The number of halogens is 2. The lowest BCUT2D eigenvalue weighted by atomic mass is 10.1. The third-order valence-electron chi connectivity index (χ3n) is 2.31. The van der Waals surface area contributed by atoms with Crippen LogP contribution in [0.25, 0.3) is 10.9 Å². The molecule has 2 rings (SSSR count). The molecule has 0 fully saturated rings. The summed E-state index contributed by atoms with van der Waals surface area (Å²) in [6, 6.07) is 4.92. The summed E-state index contributed by atoms with van der Waals surface area (Å²) >= 11 is 0. The molecular weight excluding hydrogens is 200 g/mol. The van der Waals surface area contributed by atoms with Crippen LogP contribution < -0.4 is 5.73 Å². The number of aryl methyl sites for hydroxylation is 1. The summed E-state index contributed by atoms with van der Waals surface area (Å²) in [4.78, 5) is 0. The van der Waals surface area contributed by atoms with Crippen LogP contribution in [0.15, 0.2) is 18.2 Å². The Morgan fingerprint density at radius 2 is 2.07 bits per heavy atom. The van der Waals surface area contributed by atoms with Gasteiger partial charge in [0.05, 0.1) is 11.2 Å². The fraction of sp³-hybridized carbons (Fsp3) is 0.300. The van der Waals surface area contributed by atoms with E-state index in [-0.39, 0.29) is 5.69 Å². The van der Waals surface area contributed by atoms with Gasteiger partial charge >= 0.3 is 0 Å². The molecule has 15 heavy (non-hydrogen) atoms. The number of aromatic nitrogens is 2. The molecule has 0 aliphatic carbocycles. The molecule has 5 heteroatoms. The van der Waals surface area contributed by atoms with Crippen LogP contribution in [0.1, 0.15) is 12.6 Å². The highest BCUT2D eigenvalue weighted by atomic mass is 19.3. The van der Waals surface area contributed by atoms with E-state index in [2.05, 4.69) is 5.10 Å². The Hall–Kier alpha value is -1.65. The second-order valence-corrected chi connectivity index (χ2v) is 3.60. The zero-order chi connectivity index (χ0) is 11.2. The fourth-order valence-electron chi connectivity index (χ4n) is 1.69. The first-order valence-corrected chi connectivity index (χ1v) is 4.51. The van der Waals surface area contributed by atoms with Crippen molar-refractivity contribution in [3.8, 4) is 0 Å². The Labute approximate surface area is 85.5 Å². The number of hydrogen-bond acceptors (Lipinski definition) is 2. The molecule has 0 amide bonds. The number of alkyl halides is 2. The smallest absolute Gasteiger partial charge is 0.289 e. The molecule has 0 spiro atoms. The maximum absolute atomic E-state index is 13.2. The van der Waals surface area contributed by atoms with Gasteiger partial charge in [-0.15, -0.1) is 0 Å². The molecule has 0 aliphatic heterocycles. The van der Waals surface area contributed by atoms with Crippen LogP contribution in [0.3, 0.4) is 0 Å². The lowest BCUT2D eigenvalue weighted by molar-refractivity contribution is 0.0137. The molecule has 2 N–H and O–H groups in total. The van der Waals surface area contributed by atoms with Crippen LogP contribution in [0, 0.1) is 0 Å². The molecule has 0 aliphatic rings. The Morgan fingerprint density at radius 3 is 2.67 bits per heavy atom. The number of nitrogen functional groups attached to an aromatic ring is 1. The average molecular weight is 211 g/mol. The van der Waals surface area contributed by atoms with Crippen LogP contribution in [0.5, 0.6) is 0 Å². The third kappa shape index (κ3) is 1.44. The van der Waals surface area contributed by atoms with Crippen molar-refractivity contribution in [3.63, 3.8) is 0 Å². The molecule has 0 saturated heterocycles. The minimum Gasteiger partial charge on any atom is -0.397 e. The Balaban J connectivity index is 2.85. The highest BCUT2D eigenvalue weighted by Gasteiger charge is 2.31. The van der Waals surface area contributed by atoms with Gasteiger partial charge in [0.25, 0.3) is 5.92 Å². The van der Waals surface area contributed by atoms with E-state index in [1.165, 1.54) is 4.68 Å². The van der Waals surface area contributed by atoms with E-state index < -0.39 is 5.92 Å². The molecule has 1 heterocycles. The van der Waals surface area contributed by atoms with E-state index in [1.54, 1.807) is 25.2 Å². The normalized spacial score (nSPS) is 12.3. The molecule has 1 aromatic heterocycles. The summed E-state index contributed by atoms with van der Waals surface area (Å²) in [7, 11) is 1.61. The molecule has 80 valence electrons. The minimum atomic E-state index is -2.95. The van der Waals surface area contributed by atoms with Gasteiger partial charge in [-0.3, -0.25) is 4.68 Å². The molecule has 0 bridgehead atoms. The minimum absolute atomic E-state index is 0.229. The number of nitrogens with two attached hydrogens (primary N) is 1. The largest absolute Gasteiger partial charge is 0.397 e. The van der Waals surface area contributed by atoms with E-state index in [9.17, 15) is 8.78 Å².